The fraction of sp³-hybridized carbons (Fsp3) is 0.478. The van der Waals surface area contributed by atoms with Gasteiger partial charge in [0.2, 0.25) is 5.91 Å². The van der Waals surface area contributed by atoms with Crippen molar-refractivity contribution in [2.75, 3.05) is 45.7 Å². The van der Waals surface area contributed by atoms with Gasteiger partial charge in [0.25, 0.3) is 5.91 Å². The van der Waals surface area contributed by atoms with Crippen LogP contribution in [0.1, 0.15) is 37.2 Å². The molecule has 2 heterocycles. The van der Waals surface area contributed by atoms with E-state index in [-0.39, 0.29) is 24.3 Å². The molecular weight excluding hydrogens is 394 g/mol. The van der Waals surface area contributed by atoms with Gasteiger partial charge in [-0.05, 0) is 25.0 Å². The van der Waals surface area contributed by atoms with Gasteiger partial charge in [-0.15, -0.1) is 0 Å². The summed E-state index contributed by atoms with van der Waals surface area (Å²) in [5, 5.41) is 0. The molecule has 3 rings (SSSR count). The summed E-state index contributed by atoms with van der Waals surface area (Å²) >= 11 is 0. The molecule has 2 aromatic rings. The molecule has 0 unspecified atom stereocenters. The number of piperidine rings is 1. The number of rotatable bonds is 7. The second-order valence-corrected chi connectivity index (χ2v) is 8.13. The molecule has 166 valence electrons. The van der Waals surface area contributed by atoms with Gasteiger partial charge in [0.05, 0.1) is 12.2 Å². The van der Waals surface area contributed by atoms with Crippen molar-refractivity contribution < 1.29 is 14.3 Å². The molecule has 1 saturated heterocycles. The first-order valence-electron chi connectivity index (χ1n) is 10.6. The lowest BCUT2D eigenvalue weighted by Gasteiger charge is -2.32. The van der Waals surface area contributed by atoms with E-state index in [0.717, 1.165) is 30.2 Å². The Hall–Kier alpha value is -3.16. The van der Waals surface area contributed by atoms with Crippen molar-refractivity contribution in [2.45, 2.75) is 32.2 Å². The Morgan fingerprint density at radius 3 is 2.58 bits per heavy atom. The van der Waals surface area contributed by atoms with Crippen molar-refractivity contribution in [3.05, 3.63) is 47.9 Å². The van der Waals surface area contributed by atoms with Gasteiger partial charge in [-0.25, -0.2) is 9.97 Å². The zero-order valence-electron chi connectivity index (χ0n) is 18.7. The minimum atomic E-state index is -0.0335. The summed E-state index contributed by atoms with van der Waals surface area (Å²) in [7, 11) is 5.62. The number of anilines is 1. The Labute approximate surface area is 183 Å². The number of para-hydroxylation sites is 1. The van der Waals surface area contributed by atoms with Gasteiger partial charge in [0, 0.05) is 53.1 Å². The monoisotopic (exact) mass is 425 g/mol. The highest BCUT2D eigenvalue weighted by molar-refractivity contribution is 5.78. The maximum atomic E-state index is 12.7. The number of aromatic nitrogens is 2. The Bertz CT molecular complexity index is 903. The first-order valence-corrected chi connectivity index (χ1v) is 10.6. The van der Waals surface area contributed by atoms with Crippen LogP contribution in [0.5, 0.6) is 5.75 Å². The molecule has 31 heavy (non-hydrogen) atoms. The fourth-order valence-corrected chi connectivity index (χ4v) is 3.52. The smallest absolute Gasteiger partial charge is 0.260 e. The largest absolute Gasteiger partial charge is 0.484 e. The van der Waals surface area contributed by atoms with Crippen LogP contribution in [0.4, 0.5) is 5.82 Å². The van der Waals surface area contributed by atoms with E-state index in [2.05, 4.69) is 0 Å². The van der Waals surface area contributed by atoms with Crippen molar-refractivity contribution in [1.29, 1.82) is 0 Å². The standard InChI is InChI=1S/C23H31N5O3/c1-17(29)27(4)15-19-13-21(26(2)3)25-23(24-19)18-9-8-12-28(14-18)22(30)16-31-20-10-6-5-7-11-20/h5-7,10-11,13,18H,8-9,12,14-16H2,1-4H3/t18-/m0/s1. The van der Waals surface area contributed by atoms with Crippen molar-refractivity contribution in [3.63, 3.8) is 0 Å². The number of nitrogens with zero attached hydrogens (tertiary/aromatic N) is 5. The van der Waals surface area contributed by atoms with Crippen LogP contribution in [-0.2, 0) is 16.1 Å². The molecule has 0 spiro atoms. The van der Waals surface area contributed by atoms with Gasteiger partial charge in [0.15, 0.2) is 6.61 Å². The van der Waals surface area contributed by atoms with Gasteiger partial charge in [-0.3, -0.25) is 9.59 Å². The highest BCUT2D eigenvalue weighted by atomic mass is 16.5. The van der Waals surface area contributed by atoms with E-state index < -0.39 is 0 Å². The fourth-order valence-electron chi connectivity index (χ4n) is 3.52. The molecule has 2 amide bonds. The zero-order valence-corrected chi connectivity index (χ0v) is 18.7. The molecule has 1 atom stereocenters. The molecule has 8 nitrogen and oxygen atoms in total. The van der Waals surface area contributed by atoms with Crippen molar-refractivity contribution in [2.24, 2.45) is 0 Å². The van der Waals surface area contributed by atoms with E-state index in [1.165, 1.54) is 6.92 Å². The quantitative estimate of drug-likeness (QED) is 0.677. The first-order chi connectivity index (χ1) is 14.8. The third kappa shape index (κ3) is 6.16. The van der Waals surface area contributed by atoms with Crippen LogP contribution in [0.25, 0.3) is 0 Å². The van der Waals surface area contributed by atoms with Crippen molar-refractivity contribution in [3.8, 4) is 5.75 Å². The molecule has 0 bridgehead atoms. The van der Waals surface area contributed by atoms with Gasteiger partial charge in [-0.2, -0.15) is 0 Å². The zero-order chi connectivity index (χ0) is 22.4. The minimum Gasteiger partial charge on any atom is -0.484 e. The summed E-state index contributed by atoms with van der Waals surface area (Å²) in [6.45, 7) is 3.25. The maximum absolute atomic E-state index is 12.7. The first kappa shape index (κ1) is 22.5. The van der Waals surface area contributed by atoms with E-state index in [0.29, 0.717) is 25.4 Å². The number of hydrogen-bond donors (Lipinski definition) is 0. The predicted molar refractivity (Wildman–Crippen MR) is 119 cm³/mol. The summed E-state index contributed by atoms with van der Waals surface area (Å²) < 4.78 is 5.63. The van der Waals surface area contributed by atoms with Crippen LogP contribution in [0.2, 0.25) is 0 Å². The molecule has 1 aliphatic rings. The summed E-state index contributed by atoms with van der Waals surface area (Å²) in [4.78, 5) is 39.3. The molecule has 0 N–H and O–H groups in total. The number of likely N-dealkylation sites (tertiary alicyclic amines) is 1. The normalized spacial score (nSPS) is 16.0. The van der Waals surface area contributed by atoms with Crippen LogP contribution >= 0.6 is 0 Å². The van der Waals surface area contributed by atoms with Crippen molar-refractivity contribution >= 4 is 17.6 Å². The topological polar surface area (TPSA) is 78.9 Å². The minimum absolute atomic E-state index is 0.0144. The van der Waals surface area contributed by atoms with E-state index in [1.807, 2.05) is 60.3 Å². The molecule has 0 aliphatic carbocycles. The highest BCUT2D eigenvalue weighted by Crippen LogP contribution is 2.26. The second-order valence-electron chi connectivity index (χ2n) is 8.13. The predicted octanol–water partition coefficient (Wildman–Crippen LogP) is 2.31. The average molecular weight is 426 g/mol. The number of hydrogen-bond acceptors (Lipinski definition) is 6. The second kappa shape index (κ2) is 10.2. The molecule has 1 aromatic carbocycles. The summed E-state index contributed by atoms with van der Waals surface area (Å²) in [5.41, 5.74) is 0.794. The Morgan fingerprint density at radius 2 is 1.90 bits per heavy atom. The van der Waals surface area contributed by atoms with Crippen LogP contribution in [-0.4, -0.2) is 72.4 Å². The van der Waals surface area contributed by atoms with E-state index >= 15 is 0 Å². The Balaban J connectivity index is 1.71. The molecule has 1 aliphatic heterocycles. The summed E-state index contributed by atoms with van der Waals surface area (Å²) in [5.74, 6) is 2.21. The van der Waals surface area contributed by atoms with E-state index in [1.54, 1.807) is 11.9 Å². The van der Waals surface area contributed by atoms with Gasteiger partial charge in [0.1, 0.15) is 17.4 Å². The van der Waals surface area contributed by atoms with Gasteiger partial charge in [-0.1, -0.05) is 18.2 Å². The number of benzene rings is 1. The lowest BCUT2D eigenvalue weighted by atomic mass is 9.97. The van der Waals surface area contributed by atoms with Gasteiger partial charge < -0.3 is 19.4 Å². The molecule has 1 aromatic heterocycles. The number of ether oxygens (including phenoxy) is 1. The maximum Gasteiger partial charge on any atom is 0.260 e. The van der Waals surface area contributed by atoms with Crippen LogP contribution in [0.3, 0.4) is 0 Å². The van der Waals surface area contributed by atoms with E-state index in [9.17, 15) is 9.59 Å². The Morgan fingerprint density at radius 1 is 1.16 bits per heavy atom. The Kier molecular flexibility index (Phi) is 7.44. The summed E-state index contributed by atoms with van der Waals surface area (Å²) in [6.07, 6.45) is 1.81. The van der Waals surface area contributed by atoms with Crippen LogP contribution in [0.15, 0.2) is 36.4 Å². The molecule has 0 radical (unpaired) electrons. The molecule has 0 saturated carbocycles. The lowest BCUT2D eigenvalue weighted by Crippen LogP contribution is -2.42. The third-order valence-corrected chi connectivity index (χ3v) is 5.42. The number of carbonyl (C=O) groups excluding carboxylic acids is 2. The van der Waals surface area contributed by atoms with Crippen molar-refractivity contribution in [1.82, 2.24) is 19.8 Å². The lowest BCUT2D eigenvalue weighted by molar-refractivity contribution is -0.134. The average Bonchev–Trinajstić information content (AvgIpc) is 2.78. The van der Waals surface area contributed by atoms with Gasteiger partial charge >= 0.3 is 0 Å². The summed E-state index contributed by atoms with van der Waals surface area (Å²) in [6, 6.07) is 11.3. The SMILES string of the molecule is CC(=O)N(C)Cc1cc(N(C)C)nc([C@H]2CCCN(C(=O)COc3ccccc3)C2)n1. The number of amides is 2. The van der Waals surface area contributed by atoms with Crippen LogP contribution in [0, 0.1) is 0 Å². The third-order valence-electron chi connectivity index (χ3n) is 5.42. The number of carbonyl (C=O) groups is 2. The van der Waals surface area contributed by atoms with Crippen LogP contribution < -0.4 is 9.64 Å². The molecule has 1 fully saturated rings. The van der Waals surface area contributed by atoms with E-state index in [4.69, 9.17) is 14.7 Å². The highest BCUT2D eigenvalue weighted by Gasteiger charge is 2.27. The molecular formula is C23H31N5O3. The molecule has 8 heteroatoms.